The molecule has 0 amide bonds. The van der Waals surface area contributed by atoms with Gasteiger partial charge in [0.2, 0.25) is 0 Å². The maximum absolute atomic E-state index is 12.0. The van der Waals surface area contributed by atoms with Gasteiger partial charge in [0.25, 0.3) is 0 Å². The lowest BCUT2D eigenvalue weighted by atomic mass is 10.1. The highest BCUT2D eigenvalue weighted by molar-refractivity contribution is 5.95. The Labute approximate surface area is 103 Å². The molecule has 2 atom stereocenters. The van der Waals surface area contributed by atoms with Gasteiger partial charge in [-0.2, -0.15) is 0 Å². The molecular weight excluding hydrogens is 214 g/mol. The normalized spacial score (nSPS) is 27.2. The smallest absolute Gasteiger partial charge is 0.192 e. The summed E-state index contributed by atoms with van der Waals surface area (Å²) in [4.78, 5) is 19.6. The first-order chi connectivity index (χ1) is 8.08. The van der Waals surface area contributed by atoms with Crippen molar-refractivity contribution >= 4 is 5.78 Å². The fourth-order valence-electron chi connectivity index (χ4n) is 2.44. The fourth-order valence-corrected chi connectivity index (χ4v) is 2.44. The molecule has 4 heteroatoms. The third kappa shape index (κ3) is 2.76. The molecule has 1 aliphatic rings. The second kappa shape index (κ2) is 5.02. The van der Waals surface area contributed by atoms with Gasteiger partial charge in [0.1, 0.15) is 0 Å². The highest BCUT2D eigenvalue weighted by Crippen LogP contribution is 2.13. The van der Waals surface area contributed by atoms with E-state index in [0.717, 1.165) is 13.1 Å². The van der Waals surface area contributed by atoms with Crippen LogP contribution in [0.2, 0.25) is 0 Å². The minimum atomic E-state index is 0.180. The lowest BCUT2D eigenvalue weighted by Gasteiger charge is -2.42. The van der Waals surface area contributed by atoms with Gasteiger partial charge in [0.05, 0.1) is 12.2 Å². The Bertz CT molecular complexity index is 362. The molecular formula is C13H21N3O. The van der Waals surface area contributed by atoms with Crippen molar-refractivity contribution < 1.29 is 4.79 Å². The van der Waals surface area contributed by atoms with Gasteiger partial charge < -0.3 is 4.98 Å². The lowest BCUT2D eigenvalue weighted by molar-refractivity contribution is 0.0547. The number of aromatic nitrogens is 1. The average Bonchev–Trinajstić information content (AvgIpc) is 2.79. The van der Waals surface area contributed by atoms with Crippen LogP contribution in [-0.2, 0) is 0 Å². The highest BCUT2D eigenvalue weighted by Gasteiger charge is 2.27. The topological polar surface area (TPSA) is 39.3 Å². The molecule has 1 aliphatic heterocycles. The van der Waals surface area contributed by atoms with Crippen molar-refractivity contribution in [3.63, 3.8) is 0 Å². The van der Waals surface area contributed by atoms with Crippen LogP contribution in [0.1, 0.15) is 24.3 Å². The van der Waals surface area contributed by atoms with Crippen molar-refractivity contribution in [3.8, 4) is 0 Å². The van der Waals surface area contributed by atoms with Gasteiger partial charge in [-0.1, -0.05) is 0 Å². The Morgan fingerprint density at radius 1 is 1.41 bits per heavy atom. The number of carbonyl (C=O) groups excluding carboxylic acids is 1. The van der Waals surface area contributed by atoms with Crippen molar-refractivity contribution in [1.82, 2.24) is 14.8 Å². The number of nitrogens with zero attached hydrogens (tertiary/aromatic N) is 2. The van der Waals surface area contributed by atoms with E-state index in [1.807, 2.05) is 12.1 Å². The number of H-pyrrole nitrogens is 1. The minimum absolute atomic E-state index is 0.180. The molecule has 0 aliphatic carbocycles. The van der Waals surface area contributed by atoms with Crippen molar-refractivity contribution in [3.05, 3.63) is 24.0 Å². The molecule has 0 saturated carbocycles. The summed E-state index contributed by atoms with van der Waals surface area (Å²) in [6.07, 6.45) is 1.79. The number of hydrogen-bond donors (Lipinski definition) is 1. The van der Waals surface area contributed by atoms with Gasteiger partial charge in [0, 0.05) is 31.4 Å². The number of rotatable bonds is 3. The van der Waals surface area contributed by atoms with Gasteiger partial charge in [-0.3, -0.25) is 14.6 Å². The van der Waals surface area contributed by atoms with E-state index >= 15 is 0 Å². The molecule has 0 spiro atoms. The minimum Gasteiger partial charge on any atom is -0.359 e. The summed E-state index contributed by atoms with van der Waals surface area (Å²) in [5, 5.41) is 0. The number of hydrogen-bond acceptors (Lipinski definition) is 3. The Morgan fingerprint density at radius 3 is 2.59 bits per heavy atom. The van der Waals surface area contributed by atoms with Gasteiger partial charge in [-0.15, -0.1) is 0 Å². The summed E-state index contributed by atoms with van der Waals surface area (Å²) >= 11 is 0. The Hall–Kier alpha value is -1.13. The number of carbonyl (C=O) groups is 1. The van der Waals surface area contributed by atoms with E-state index in [-0.39, 0.29) is 5.78 Å². The molecule has 0 radical (unpaired) electrons. The van der Waals surface area contributed by atoms with E-state index in [0.29, 0.717) is 24.3 Å². The van der Waals surface area contributed by atoms with Crippen LogP contribution in [0.5, 0.6) is 0 Å². The number of Topliss-reactive ketones (excluding diaryl/α,β-unsaturated/α-hetero) is 1. The third-order valence-electron chi connectivity index (χ3n) is 3.70. The fraction of sp³-hybridized carbons (Fsp3) is 0.615. The largest absolute Gasteiger partial charge is 0.359 e. The molecule has 2 rings (SSSR count). The standard InChI is InChI=1S/C13H21N3O/c1-10-7-16(8-11(2)15(10)3)9-13(17)12-5-4-6-14-12/h4-6,10-11,14H,7-9H2,1-3H3. The van der Waals surface area contributed by atoms with E-state index in [1.165, 1.54) is 0 Å². The predicted molar refractivity (Wildman–Crippen MR) is 68.3 cm³/mol. The molecule has 94 valence electrons. The van der Waals surface area contributed by atoms with Crippen LogP contribution in [0.3, 0.4) is 0 Å². The van der Waals surface area contributed by atoms with Crippen LogP contribution >= 0.6 is 0 Å². The first kappa shape index (κ1) is 12.3. The van der Waals surface area contributed by atoms with E-state index in [9.17, 15) is 4.79 Å². The van der Waals surface area contributed by atoms with E-state index < -0.39 is 0 Å². The summed E-state index contributed by atoms with van der Waals surface area (Å²) < 4.78 is 0. The summed E-state index contributed by atoms with van der Waals surface area (Å²) in [6.45, 7) is 6.87. The SMILES string of the molecule is CC1CN(CC(=O)c2ccc[nH]2)CC(C)N1C. The molecule has 1 aromatic heterocycles. The first-order valence-electron chi connectivity index (χ1n) is 6.19. The van der Waals surface area contributed by atoms with Crippen LogP contribution in [0, 0.1) is 0 Å². The summed E-state index contributed by atoms with van der Waals surface area (Å²) in [5.41, 5.74) is 0.712. The van der Waals surface area contributed by atoms with E-state index in [2.05, 4.69) is 35.7 Å². The predicted octanol–water partition coefficient (Wildman–Crippen LogP) is 1.22. The van der Waals surface area contributed by atoms with Crippen LogP contribution < -0.4 is 0 Å². The van der Waals surface area contributed by atoms with E-state index in [4.69, 9.17) is 0 Å². The molecule has 2 unspecified atom stereocenters. The molecule has 1 N–H and O–H groups in total. The van der Waals surface area contributed by atoms with Crippen LogP contribution in [-0.4, -0.2) is 59.3 Å². The number of aromatic amines is 1. The van der Waals surface area contributed by atoms with Crippen LogP contribution in [0.4, 0.5) is 0 Å². The lowest BCUT2D eigenvalue weighted by Crippen LogP contribution is -2.55. The summed E-state index contributed by atoms with van der Waals surface area (Å²) in [7, 11) is 2.15. The van der Waals surface area contributed by atoms with Gasteiger partial charge >= 0.3 is 0 Å². The second-order valence-corrected chi connectivity index (χ2v) is 5.06. The average molecular weight is 235 g/mol. The van der Waals surface area contributed by atoms with Crippen LogP contribution in [0.25, 0.3) is 0 Å². The third-order valence-corrected chi connectivity index (χ3v) is 3.70. The first-order valence-corrected chi connectivity index (χ1v) is 6.19. The Kier molecular flexibility index (Phi) is 3.64. The molecule has 2 heterocycles. The highest BCUT2D eigenvalue weighted by atomic mass is 16.1. The molecule has 1 fully saturated rings. The van der Waals surface area contributed by atoms with E-state index in [1.54, 1.807) is 6.20 Å². The second-order valence-electron chi connectivity index (χ2n) is 5.06. The Morgan fingerprint density at radius 2 is 2.06 bits per heavy atom. The quantitative estimate of drug-likeness (QED) is 0.801. The number of ketones is 1. The number of piperazine rings is 1. The number of likely N-dealkylation sites (N-methyl/N-ethyl adjacent to an activating group) is 1. The Balaban J connectivity index is 1.94. The summed E-state index contributed by atoms with van der Waals surface area (Å²) in [5.74, 6) is 0.180. The zero-order chi connectivity index (χ0) is 12.4. The van der Waals surface area contributed by atoms with Crippen LogP contribution in [0.15, 0.2) is 18.3 Å². The zero-order valence-electron chi connectivity index (χ0n) is 10.8. The van der Waals surface area contributed by atoms with Crippen molar-refractivity contribution in [2.45, 2.75) is 25.9 Å². The maximum atomic E-state index is 12.0. The van der Waals surface area contributed by atoms with Gasteiger partial charge in [-0.25, -0.2) is 0 Å². The van der Waals surface area contributed by atoms with Crippen molar-refractivity contribution in [2.24, 2.45) is 0 Å². The molecule has 1 saturated heterocycles. The number of nitrogens with one attached hydrogen (secondary N) is 1. The zero-order valence-corrected chi connectivity index (χ0v) is 10.8. The molecule has 4 nitrogen and oxygen atoms in total. The molecule has 17 heavy (non-hydrogen) atoms. The van der Waals surface area contributed by atoms with Crippen molar-refractivity contribution in [2.75, 3.05) is 26.7 Å². The molecule has 1 aromatic rings. The monoisotopic (exact) mass is 235 g/mol. The molecule has 0 bridgehead atoms. The maximum Gasteiger partial charge on any atom is 0.192 e. The van der Waals surface area contributed by atoms with Crippen molar-refractivity contribution in [1.29, 1.82) is 0 Å². The van der Waals surface area contributed by atoms with Gasteiger partial charge in [-0.05, 0) is 33.0 Å². The van der Waals surface area contributed by atoms with Gasteiger partial charge in [0.15, 0.2) is 5.78 Å². The molecule has 0 aromatic carbocycles. The summed E-state index contributed by atoms with van der Waals surface area (Å²) in [6, 6.07) is 4.72.